The van der Waals surface area contributed by atoms with Crippen molar-refractivity contribution < 1.29 is 22.8 Å². The number of halogens is 3. The van der Waals surface area contributed by atoms with Crippen LogP contribution in [0.3, 0.4) is 0 Å². The molecule has 0 radical (unpaired) electrons. The molecule has 0 unspecified atom stereocenters. The molecule has 2 aromatic rings. The molecule has 0 heterocycles. The van der Waals surface area contributed by atoms with E-state index < -0.39 is 40.4 Å². The maximum atomic E-state index is 13.7. The molecule has 0 fully saturated rings. The summed E-state index contributed by atoms with van der Waals surface area (Å²) in [5.41, 5.74) is -1.47. The zero-order valence-corrected chi connectivity index (χ0v) is 13.9. The SMILES string of the molecule is CC(C)(C(=O)Nc1ccc(C#N)cc1)C(=O)Nc1ccc(F)c(F)c1F. The second kappa shape index (κ2) is 7.27. The predicted octanol–water partition coefficient (Wildman–Crippen LogP) is 3.58. The topological polar surface area (TPSA) is 82.0 Å². The highest BCUT2D eigenvalue weighted by Gasteiger charge is 2.36. The van der Waals surface area contributed by atoms with Gasteiger partial charge in [-0.2, -0.15) is 5.26 Å². The van der Waals surface area contributed by atoms with Crippen molar-refractivity contribution in [3.05, 3.63) is 59.4 Å². The first-order valence-corrected chi connectivity index (χ1v) is 7.43. The molecule has 0 saturated heterocycles. The summed E-state index contributed by atoms with van der Waals surface area (Å²) in [5.74, 6) is -6.28. The van der Waals surface area contributed by atoms with Gasteiger partial charge in [0.15, 0.2) is 17.5 Å². The summed E-state index contributed by atoms with van der Waals surface area (Å²) in [6, 6.07) is 9.40. The molecule has 0 aliphatic heterocycles. The highest BCUT2D eigenvalue weighted by atomic mass is 19.2. The smallest absolute Gasteiger partial charge is 0.239 e. The molecule has 0 aromatic heterocycles. The minimum Gasteiger partial charge on any atom is -0.325 e. The van der Waals surface area contributed by atoms with Crippen LogP contribution in [-0.4, -0.2) is 11.8 Å². The van der Waals surface area contributed by atoms with Gasteiger partial charge in [0.1, 0.15) is 5.41 Å². The van der Waals surface area contributed by atoms with E-state index in [0.717, 1.165) is 6.07 Å². The van der Waals surface area contributed by atoms with Crippen LogP contribution in [0.25, 0.3) is 0 Å². The second-order valence-electron chi connectivity index (χ2n) is 5.95. The average Bonchev–Trinajstić information content (AvgIpc) is 2.62. The van der Waals surface area contributed by atoms with Gasteiger partial charge in [0.2, 0.25) is 11.8 Å². The van der Waals surface area contributed by atoms with Gasteiger partial charge in [-0.3, -0.25) is 9.59 Å². The fraction of sp³-hybridized carbons (Fsp3) is 0.167. The number of benzene rings is 2. The molecule has 8 heteroatoms. The van der Waals surface area contributed by atoms with E-state index in [1.165, 1.54) is 38.1 Å². The maximum Gasteiger partial charge on any atom is 0.239 e. The van der Waals surface area contributed by atoms with Crippen LogP contribution in [0.15, 0.2) is 36.4 Å². The van der Waals surface area contributed by atoms with Gasteiger partial charge in [0, 0.05) is 5.69 Å². The Kier molecular flexibility index (Phi) is 5.31. The van der Waals surface area contributed by atoms with Crippen LogP contribution >= 0.6 is 0 Å². The Labute approximate surface area is 147 Å². The van der Waals surface area contributed by atoms with Crippen molar-refractivity contribution in [1.29, 1.82) is 5.26 Å². The quantitative estimate of drug-likeness (QED) is 0.645. The van der Waals surface area contributed by atoms with Gasteiger partial charge in [-0.25, -0.2) is 13.2 Å². The van der Waals surface area contributed by atoms with E-state index in [2.05, 4.69) is 10.6 Å². The van der Waals surface area contributed by atoms with E-state index >= 15 is 0 Å². The Balaban J connectivity index is 2.14. The number of anilines is 2. The van der Waals surface area contributed by atoms with Crippen molar-refractivity contribution in [2.24, 2.45) is 5.41 Å². The van der Waals surface area contributed by atoms with Crippen molar-refractivity contribution >= 4 is 23.2 Å². The Hall–Kier alpha value is -3.34. The summed E-state index contributed by atoms with van der Waals surface area (Å²) in [4.78, 5) is 24.7. The number of nitriles is 1. The van der Waals surface area contributed by atoms with E-state index in [1.54, 1.807) is 0 Å². The van der Waals surface area contributed by atoms with E-state index in [1.807, 2.05) is 6.07 Å². The van der Waals surface area contributed by atoms with Gasteiger partial charge >= 0.3 is 0 Å². The largest absolute Gasteiger partial charge is 0.325 e. The van der Waals surface area contributed by atoms with Crippen LogP contribution in [0.5, 0.6) is 0 Å². The summed E-state index contributed by atoms with van der Waals surface area (Å²) < 4.78 is 39.9. The molecule has 2 rings (SSSR count). The standard InChI is InChI=1S/C18H14F3N3O2/c1-18(2,16(25)23-11-5-3-10(9-22)4-6-11)17(26)24-13-8-7-12(19)14(20)15(13)21/h3-8H,1-2H3,(H,23,25)(H,24,26). The molecule has 26 heavy (non-hydrogen) atoms. The molecular weight excluding hydrogens is 347 g/mol. The first-order valence-electron chi connectivity index (χ1n) is 7.43. The lowest BCUT2D eigenvalue weighted by Crippen LogP contribution is -2.41. The van der Waals surface area contributed by atoms with Gasteiger partial charge in [-0.1, -0.05) is 0 Å². The molecule has 0 spiro atoms. The normalized spacial score (nSPS) is 10.8. The molecule has 0 saturated carbocycles. The zero-order valence-electron chi connectivity index (χ0n) is 13.9. The summed E-state index contributed by atoms with van der Waals surface area (Å²) in [5, 5.41) is 13.3. The molecule has 2 N–H and O–H groups in total. The van der Waals surface area contributed by atoms with E-state index in [0.29, 0.717) is 17.3 Å². The average molecular weight is 361 g/mol. The van der Waals surface area contributed by atoms with E-state index in [-0.39, 0.29) is 0 Å². The second-order valence-corrected chi connectivity index (χ2v) is 5.95. The number of carbonyl (C=O) groups is 2. The summed E-state index contributed by atoms with van der Waals surface area (Å²) in [7, 11) is 0. The Morgan fingerprint density at radius 2 is 1.50 bits per heavy atom. The monoisotopic (exact) mass is 361 g/mol. The lowest BCUT2D eigenvalue weighted by molar-refractivity contribution is -0.135. The first-order chi connectivity index (χ1) is 12.2. The maximum absolute atomic E-state index is 13.7. The molecule has 2 aromatic carbocycles. The van der Waals surface area contributed by atoms with Crippen molar-refractivity contribution in [3.63, 3.8) is 0 Å². The fourth-order valence-corrected chi connectivity index (χ4v) is 1.92. The predicted molar refractivity (Wildman–Crippen MR) is 88.5 cm³/mol. The molecule has 134 valence electrons. The first kappa shape index (κ1) is 19.0. The summed E-state index contributed by atoms with van der Waals surface area (Å²) in [6.45, 7) is 2.58. The zero-order chi connectivity index (χ0) is 19.5. The number of hydrogen-bond acceptors (Lipinski definition) is 3. The Bertz CT molecular complexity index is 903. The third-order valence-corrected chi connectivity index (χ3v) is 3.69. The van der Waals surface area contributed by atoms with Crippen LogP contribution in [0.1, 0.15) is 19.4 Å². The molecule has 0 atom stereocenters. The van der Waals surface area contributed by atoms with Gasteiger partial charge in [0.05, 0.1) is 17.3 Å². The molecule has 5 nitrogen and oxygen atoms in total. The number of nitrogens with one attached hydrogen (secondary N) is 2. The molecular formula is C18H14F3N3O2. The Morgan fingerprint density at radius 3 is 2.08 bits per heavy atom. The number of carbonyl (C=O) groups excluding carboxylic acids is 2. The number of nitrogens with zero attached hydrogens (tertiary/aromatic N) is 1. The van der Waals surface area contributed by atoms with Gasteiger partial charge in [-0.15, -0.1) is 0 Å². The van der Waals surface area contributed by atoms with Crippen LogP contribution in [-0.2, 0) is 9.59 Å². The van der Waals surface area contributed by atoms with Crippen LogP contribution < -0.4 is 10.6 Å². The molecule has 0 bridgehead atoms. The van der Waals surface area contributed by atoms with E-state index in [4.69, 9.17) is 5.26 Å². The third kappa shape index (κ3) is 3.83. The van der Waals surface area contributed by atoms with Crippen LogP contribution in [0.4, 0.5) is 24.5 Å². The Morgan fingerprint density at radius 1 is 0.923 bits per heavy atom. The highest BCUT2D eigenvalue weighted by molar-refractivity contribution is 6.14. The lowest BCUT2D eigenvalue weighted by Gasteiger charge is -2.23. The van der Waals surface area contributed by atoms with Gasteiger partial charge in [-0.05, 0) is 50.2 Å². The molecule has 0 aliphatic carbocycles. The summed E-state index contributed by atoms with van der Waals surface area (Å²) in [6.07, 6.45) is 0. The number of amides is 2. The highest BCUT2D eigenvalue weighted by Crippen LogP contribution is 2.25. The molecule has 0 aliphatic rings. The van der Waals surface area contributed by atoms with Gasteiger partial charge in [0.25, 0.3) is 0 Å². The third-order valence-electron chi connectivity index (χ3n) is 3.69. The molecule has 2 amide bonds. The van der Waals surface area contributed by atoms with Crippen molar-refractivity contribution in [3.8, 4) is 6.07 Å². The number of rotatable bonds is 4. The lowest BCUT2D eigenvalue weighted by atomic mass is 9.90. The fourth-order valence-electron chi connectivity index (χ4n) is 1.92. The summed E-state index contributed by atoms with van der Waals surface area (Å²) >= 11 is 0. The van der Waals surface area contributed by atoms with E-state index in [9.17, 15) is 22.8 Å². The van der Waals surface area contributed by atoms with Gasteiger partial charge < -0.3 is 10.6 Å². The number of hydrogen-bond donors (Lipinski definition) is 2. The van der Waals surface area contributed by atoms with Crippen molar-refractivity contribution in [2.75, 3.05) is 10.6 Å². The van der Waals surface area contributed by atoms with Crippen LogP contribution in [0, 0.1) is 34.2 Å². The van der Waals surface area contributed by atoms with Crippen molar-refractivity contribution in [1.82, 2.24) is 0 Å². The van der Waals surface area contributed by atoms with Crippen molar-refractivity contribution in [2.45, 2.75) is 13.8 Å². The minimum atomic E-state index is -1.72. The van der Waals surface area contributed by atoms with Crippen LogP contribution in [0.2, 0.25) is 0 Å². The minimum absolute atomic E-state index is 0.355.